The van der Waals surface area contributed by atoms with E-state index in [1.807, 2.05) is 5.38 Å². The first kappa shape index (κ1) is 15.4. The highest BCUT2D eigenvalue weighted by molar-refractivity contribution is 9.10. The summed E-state index contributed by atoms with van der Waals surface area (Å²) in [6, 6.07) is 4.37. The highest BCUT2D eigenvalue weighted by atomic mass is 79.9. The summed E-state index contributed by atoms with van der Waals surface area (Å²) in [7, 11) is 0. The second kappa shape index (κ2) is 7.71. The van der Waals surface area contributed by atoms with Crippen LogP contribution in [0.3, 0.4) is 0 Å². The summed E-state index contributed by atoms with van der Waals surface area (Å²) in [5.41, 5.74) is 0.888. The molecule has 2 aromatic rings. The van der Waals surface area contributed by atoms with Gasteiger partial charge in [-0.15, -0.1) is 11.3 Å². The second-order valence-corrected chi connectivity index (χ2v) is 6.07. The lowest BCUT2D eigenvalue weighted by atomic mass is 10.3. The number of nitrogens with zero attached hydrogens (tertiary/aromatic N) is 1. The van der Waals surface area contributed by atoms with Gasteiger partial charge >= 0.3 is 0 Å². The van der Waals surface area contributed by atoms with E-state index < -0.39 is 0 Å². The summed E-state index contributed by atoms with van der Waals surface area (Å²) >= 11 is 4.89. The van der Waals surface area contributed by atoms with Gasteiger partial charge in [-0.2, -0.15) is 0 Å². The van der Waals surface area contributed by atoms with Gasteiger partial charge in [0.1, 0.15) is 23.2 Å². The summed E-state index contributed by atoms with van der Waals surface area (Å²) in [5, 5.41) is 6.35. The largest absolute Gasteiger partial charge is 0.486 e. The Kier molecular flexibility index (Phi) is 5.94. The number of halogens is 2. The van der Waals surface area contributed by atoms with E-state index in [1.54, 1.807) is 17.4 Å². The summed E-state index contributed by atoms with van der Waals surface area (Å²) < 4.78 is 19.2. The molecular formula is C14H16BrFN2OS. The molecule has 0 spiro atoms. The van der Waals surface area contributed by atoms with Crippen molar-refractivity contribution in [1.29, 1.82) is 0 Å². The van der Waals surface area contributed by atoms with Crippen LogP contribution in [0.1, 0.15) is 24.0 Å². The Hall–Kier alpha value is -0.980. The molecule has 1 aromatic heterocycles. The average molecular weight is 359 g/mol. The molecule has 3 nitrogen and oxygen atoms in total. The van der Waals surface area contributed by atoms with Crippen LogP contribution in [-0.4, -0.2) is 11.5 Å². The molecule has 0 unspecified atom stereocenters. The Bertz CT molecular complexity index is 562. The lowest BCUT2D eigenvalue weighted by molar-refractivity contribution is 0.299. The number of benzene rings is 1. The molecule has 20 heavy (non-hydrogen) atoms. The highest BCUT2D eigenvalue weighted by Gasteiger charge is 2.06. The quantitative estimate of drug-likeness (QED) is 0.755. The van der Waals surface area contributed by atoms with Gasteiger partial charge < -0.3 is 10.1 Å². The first-order chi connectivity index (χ1) is 9.69. The van der Waals surface area contributed by atoms with Crippen LogP contribution in [0.25, 0.3) is 0 Å². The number of aromatic nitrogens is 1. The molecule has 1 heterocycles. The second-order valence-electron chi connectivity index (χ2n) is 4.27. The van der Waals surface area contributed by atoms with Crippen molar-refractivity contribution in [1.82, 2.24) is 10.3 Å². The topological polar surface area (TPSA) is 34.2 Å². The van der Waals surface area contributed by atoms with Crippen molar-refractivity contribution < 1.29 is 9.13 Å². The minimum atomic E-state index is -0.290. The molecule has 1 N–H and O–H groups in total. The van der Waals surface area contributed by atoms with Crippen molar-refractivity contribution >= 4 is 27.3 Å². The van der Waals surface area contributed by atoms with Gasteiger partial charge in [-0.3, -0.25) is 0 Å². The molecule has 2 rings (SSSR count). The van der Waals surface area contributed by atoms with Crippen LogP contribution in [0.5, 0.6) is 5.75 Å². The maximum atomic E-state index is 13.0. The van der Waals surface area contributed by atoms with Crippen LogP contribution in [-0.2, 0) is 13.2 Å². The molecule has 0 radical (unpaired) electrons. The van der Waals surface area contributed by atoms with Gasteiger partial charge in [-0.25, -0.2) is 9.37 Å². The summed E-state index contributed by atoms with van der Waals surface area (Å²) in [5.74, 6) is 0.326. The SMILES string of the molecule is CCCNCc1nc(COc2ccc(F)cc2Br)cs1. The third-order valence-corrected chi connectivity index (χ3v) is 4.09. The maximum absolute atomic E-state index is 13.0. The first-order valence-electron chi connectivity index (χ1n) is 6.41. The number of rotatable bonds is 7. The van der Waals surface area contributed by atoms with E-state index in [2.05, 4.69) is 33.2 Å². The van der Waals surface area contributed by atoms with Crippen LogP contribution < -0.4 is 10.1 Å². The predicted octanol–water partition coefficient (Wildman–Crippen LogP) is 4.12. The molecule has 0 aliphatic rings. The number of thiazole rings is 1. The van der Waals surface area contributed by atoms with Gasteiger partial charge in [-0.1, -0.05) is 6.92 Å². The van der Waals surface area contributed by atoms with E-state index in [1.165, 1.54) is 12.1 Å². The van der Waals surface area contributed by atoms with Crippen LogP contribution in [0.2, 0.25) is 0 Å². The molecule has 0 saturated carbocycles. The van der Waals surface area contributed by atoms with Crippen LogP contribution >= 0.6 is 27.3 Å². The van der Waals surface area contributed by atoms with Crippen LogP contribution in [0.15, 0.2) is 28.1 Å². The number of nitrogens with one attached hydrogen (secondary N) is 1. The zero-order valence-corrected chi connectivity index (χ0v) is 13.6. The molecule has 0 aliphatic carbocycles. The van der Waals surface area contributed by atoms with Crippen molar-refractivity contribution in [3.63, 3.8) is 0 Å². The molecule has 0 saturated heterocycles. The van der Waals surface area contributed by atoms with Gasteiger partial charge in [-0.05, 0) is 47.1 Å². The van der Waals surface area contributed by atoms with Crippen molar-refractivity contribution in [2.75, 3.05) is 6.54 Å². The highest BCUT2D eigenvalue weighted by Crippen LogP contribution is 2.26. The average Bonchev–Trinajstić information content (AvgIpc) is 2.86. The smallest absolute Gasteiger partial charge is 0.134 e. The fraction of sp³-hybridized carbons (Fsp3) is 0.357. The van der Waals surface area contributed by atoms with Crippen LogP contribution in [0.4, 0.5) is 4.39 Å². The van der Waals surface area contributed by atoms with E-state index >= 15 is 0 Å². The molecule has 6 heteroatoms. The zero-order valence-electron chi connectivity index (χ0n) is 11.2. The molecule has 0 bridgehead atoms. The molecule has 1 aromatic carbocycles. The molecular weight excluding hydrogens is 343 g/mol. The standard InChI is InChI=1S/C14H16BrFN2OS/c1-2-5-17-7-14-18-11(9-20-14)8-19-13-4-3-10(16)6-12(13)15/h3-4,6,9,17H,2,5,7-8H2,1H3. The molecule has 0 amide bonds. The van der Waals surface area contributed by atoms with E-state index in [0.29, 0.717) is 16.8 Å². The Morgan fingerprint density at radius 1 is 1.45 bits per heavy atom. The fourth-order valence-corrected chi connectivity index (χ4v) is 2.83. The molecule has 108 valence electrons. The number of ether oxygens (including phenoxy) is 1. The Balaban J connectivity index is 1.87. The first-order valence-corrected chi connectivity index (χ1v) is 8.08. The third kappa shape index (κ3) is 4.54. The zero-order chi connectivity index (χ0) is 14.4. The van der Waals surface area contributed by atoms with E-state index in [0.717, 1.165) is 30.2 Å². The van der Waals surface area contributed by atoms with Gasteiger partial charge in [0.05, 0.1) is 10.2 Å². The van der Waals surface area contributed by atoms with Gasteiger partial charge in [0.25, 0.3) is 0 Å². The predicted molar refractivity (Wildman–Crippen MR) is 82.5 cm³/mol. The Morgan fingerprint density at radius 3 is 3.05 bits per heavy atom. The van der Waals surface area contributed by atoms with E-state index in [-0.39, 0.29) is 5.82 Å². The number of hydrogen-bond donors (Lipinski definition) is 1. The van der Waals surface area contributed by atoms with E-state index in [4.69, 9.17) is 4.74 Å². The summed E-state index contributed by atoms with van der Waals surface area (Å²) in [4.78, 5) is 4.49. The minimum absolute atomic E-state index is 0.290. The van der Waals surface area contributed by atoms with Crippen molar-refractivity contribution in [2.45, 2.75) is 26.5 Å². The van der Waals surface area contributed by atoms with Crippen LogP contribution in [0, 0.1) is 5.82 Å². The lowest BCUT2D eigenvalue weighted by Gasteiger charge is -2.06. The van der Waals surface area contributed by atoms with Crippen molar-refractivity contribution in [3.8, 4) is 5.75 Å². The normalized spacial score (nSPS) is 10.8. The minimum Gasteiger partial charge on any atom is -0.486 e. The van der Waals surface area contributed by atoms with Gasteiger partial charge in [0, 0.05) is 11.9 Å². The summed E-state index contributed by atoms with van der Waals surface area (Å²) in [6.45, 7) is 4.30. The number of hydrogen-bond acceptors (Lipinski definition) is 4. The third-order valence-electron chi connectivity index (χ3n) is 2.57. The molecule has 0 fully saturated rings. The molecule has 0 aliphatic heterocycles. The van der Waals surface area contributed by atoms with Crippen molar-refractivity contribution in [2.24, 2.45) is 0 Å². The van der Waals surface area contributed by atoms with E-state index in [9.17, 15) is 4.39 Å². The fourth-order valence-electron chi connectivity index (χ4n) is 1.61. The lowest BCUT2D eigenvalue weighted by Crippen LogP contribution is -2.13. The van der Waals surface area contributed by atoms with Gasteiger partial charge in [0.2, 0.25) is 0 Å². The van der Waals surface area contributed by atoms with Gasteiger partial charge in [0.15, 0.2) is 0 Å². The maximum Gasteiger partial charge on any atom is 0.134 e. The Labute approximate surface area is 130 Å². The molecule has 0 atom stereocenters. The Morgan fingerprint density at radius 2 is 2.30 bits per heavy atom. The summed E-state index contributed by atoms with van der Waals surface area (Å²) in [6.07, 6.45) is 1.11. The van der Waals surface area contributed by atoms with Crippen molar-refractivity contribution in [3.05, 3.63) is 44.6 Å². The monoisotopic (exact) mass is 358 g/mol.